The highest BCUT2D eigenvalue weighted by Gasteiger charge is 2.36. The summed E-state index contributed by atoms with van der Waals surface area (Å²) in [6, 6.07) is 4.95. The molecule has 0 radical (unpaired) electrons. The quantitative estimate of drug-likeness (QED) is 0.895. The fourth-order valence-corrected chi connectivity index (χ4v) is 3.37. The molecular formula is C16H24ClFN2. The lowest BCUT2D eigenvalue weighted by Crippen LogP contribution is -2.57. The summed E-state index contributed by atoms with van der Waals surface area (Å²) in [5.41, 5.74) is 1.06. The van der Waals surface area contributed by atoms with Gasteiger partial charge in [0.15, 0.2) is 0 Å². The Labute approximate surface area is 126 Å². The number of halogens is 2. The van der Waals surface area contributed by atoms with E-state index in [9.17, 15) is 4.39 Å². The standard InChI is InChI=1S/C16H24ClFN2/c1-16(2,20-8-4-5-9-20)15(19-3)10-12-6-7-13(18)11-14(12)17/h6-7,11,15,19H,4-5,8-10H2,1-3H3. The number of hydrogen-bond acceptors (Lipinski definition) is 2. The second kappa shape index (κ2) is 6.42. The molecule has 1 saturated heterocycles. The molecule has 0 saturated carbocycles. The van der Waals surface area contributed by atoms with Crippen molar-refractivity contribution >= 4 is 11.6 Å². The van der Waals surface area contributed by atoms with E-state index in [4.69, 9.17) is 11.6 Å². The summed E-state index contributed by atoms with van der Waals surface area (Å²) in [7, 11) is 1.99. The SMILES string of the molecule is CNC(Cc1ccc(F)cc1Cl)C(C)(C)N1CCCC1. The zero-order valence-electron chi connectivity index (χ0n) is 12.5. The summed E-state index contributed by atoms with van der Waals surface area (Å²) >= 11 is 6.16. The predicted molar refractivity (Wildman–Crippen MR) is 82.8 cm³/mol. The summed E-state index contributed by atoms with van der Waals surface area (Å²) in [5.74, 6) is -0.279. The molecule has 2 rings (SSSR count). The van der Waals surface area contributed by atoms with Gasteiger partial charge in [-0.2, -0.15) is 0 Å². The van der Waals surface area contributed by atoms with Gasteiger partial charge < -0.3 is 5.32 Å². The van der Waals surface area contributed by atoms with Gasteiger partial charge in [-0.15, -0.1) is 0 Å². The van der Waals surface area contributed by atoms with Crippen LogP contribution in [-0.2, 0) is 6.42 Å². The summed E-state index contributed by atoms with van der Waals surface area (Å²) < 4.78 is 13.1. The summed E-state index contributed by atoms with van der Waals surface area (Å²) in [6.45, 7) is 6.86. The minimum Gasteiger partial charge on any atom is -0.315 e. The van der Waals surface area contributed by atoms with E-state index in [2.05, 4.69) is 24.1 Å². The fraction of sp³-hybridized carbons (Fsp3) is 0.625. The maximum absolute atomic E-state index is 13.1. The lowest BCUT2D eigenvalue weighted by Gasteiger charge is -2.42. The molecule has 1 atom stereocenters. The molecule has 112 valence electrons. The van der Waals surface area contributed by atoms with Gasteiger partial charge in [0.1, 0.15) is 5.82 Å². The van der Waals surface area contributed by atoms with Crippen LogP contribution in [0.1, 0.15) is 32.3 Å². The van der Waals surface area contributed by atoms with E-state index >= 15 is 0 Å². The smallest absolute Gasteiger partial charge is 0.124 e. The number of benzene rings is 1. The highest BCUT2D eigenvalue weighted by molar-refractivity contribution is 6.31. The molecule has 1 unspecified atom stereocenters. The average Bonchev–Trinajstić information content (AvgIpc) is 2.92. The molecule has 0 amide bonds. The maximum Gasteiger partial charge on any atom is 0.124 e. The Kier molecular flexibility index (Phi) is 5.05. The molecule has 1 aliphatic rings. The lowest BCUT2D eigenvalue weighted by molar-refractivity contribution is 0.110. The number of likely N-dealkylation sites (N-methyl/N-ethyl adjacent to an activating group) is 1. The first-order valence-corrected chi connectivity index (χ1v) is 7.69. The van der Waals surface area contributed by atoms with E-state index < -0.39 is 0 Å². The zero-order chi connectivity index (χ0) is 14.8. The van der Waals surface area contributed by atoms with Gasteiger partial charge in [-0.25, -0.2) is 4.39 Å². The van der Waals surface area contributed by atoms with Gasteiger partial charge in [0.2, 0.25) is 0 Å². The largest absolute Gasteiger partial charge is 0.315 e. The molecule has 0 aliphatic carbocycles. The van der Waals surface area contributed by atoms with Crippen LogP contribution in [0, 0.1) is 5.82 Å². The van der Waals surface area contributed by atoms with Gasteiger partial charge in [0, 0.05) is 16.6 Å². The van der Waals surface area contributed by atoms with Crippen LogP contribution in [0.4, 0.5) is 4.39 Å². The molecule has 1 aliphatic heterocycles. The van der Waals surface area contributed by atoms with Crippen LogP contribution in [0.25, 0.3) is 0 Å². The van der Waals surface area contributed by atoms with E-state index in [0.717, 1.165) is 25.1 Å². The average molecular weight is 299 g/mol. The van der Waals surface area contributed by atoms with E-state index in [0.29, 0.717) is 5.02 Å². The Morgan fingerprint density at radius 1 is 1.35 bits per heavy atom. The van der Waals surface area contributed by atoms with Crippen molar-refractivity contribution in [3.8, 4) is 0 Å². The number of nitrogens with zero attached hydrogens (tertiary/aromatic N) is 1. The normalized spacial score (nSPS) is 18.4. The van der Waals surface area contributed by atoms with Crippen molar-refractivity contribution in [3.05, 3.63) is 34.6 Å². The number of rotatable bonds is 5. The minimum atomic E-state index is -0.279. The zero-order valence-corrected chi connectivity index (χ0v) is 13.3. The van der Waals surface area contributed by atoms with Gasteiger partial charge in [-0.05, 0) is 70.9 Å². The van der Waals surface area contributed by atoms with Crippen LogP contribution in [0.2, 0.25) is 5.02 Å². The molecule has 1 aromatic rings. The number of nitrogens with one attached hydrogen (secondary N) is 1. The molecule has 1 fully saturated rings. The predicted octanol–water partition coefficient (Wildman–Crippen LogP) is 3.48. The van der Waals surface area contributed by atoms with Crippen molar-refractivity contribution in [2.24, 2.45) is 0 Å². The molecule has 4 heteroatoms. The Balaban J connectivity index is 2.15. The van der Waals surface area contributed by atoms with Crippen LogP contribution < -0.4 is 5.32 Å². The topological polar surface area (TPSA) is 15.3 Å². The Hall–Kier alpha value is -0.640. The third kappa shape index (κ3) is 3.33. The van der Waals surface area contributed by atoms with Gasteiger partial charge in [-0.1, -0.05) is 17.7 Å². The van der Waals surface area contributed by atoms with Crippen LogP contribution >= 0.6 is 11.6 Å². The lowest BCUT2D eigenvalue weighted by atomic mass is 9.87. The molecule has 0 aromatic heterocycles. The molecular weight excluding hydrogens is 275 g/mol. The molecule has 2 nitrogen and oxygen atoms in total. The van der Waals surface area contributed by atoms with Gasteiger partial charge in [-0.3, -0.25) is 4.90 Å². The van der Waals surface area contributed by atoms with Crippen LogP contribution in [0.3, 0.4) is 0 Å². The molecule has 0 spiro atoms. The molecule has 0 bridgehead atoms. The first-order chi connectivity index (χ1) is 9.45. The van der Waals surface area contributed by atoms with Crippen molar-refractivity contribution in [2.75, 3.05) is 20.1 Å². The highest BCUT2D eigenvalue weighted by atomic mass is 35.5. The third-order valence-corrected chi connectivity index (χ3v) is 4.91. The summed E-state index contributed by atoms with van der Waals surface area (Å²) in [6.07, 6.45) is 3.35. The van der Waals surface area contributed by atoms with E-state index in [1.807, 2.05) is 7.05 Å². The minimum absolute atomic E-state index is 0.0585. The molecule has 20 heavy (non-hydrogen) atoms. The Bertz CT molecular complexity index is 456. The first kappa shape index (κ1) is 15.7. The number of hydrogen-bond donors (Lipinski definition) is 1. The molecule has 1 N–H and O–H groups in total. The maximum atomic E-state index is 13.1. The van der Waals surface area contributed by atoms with E-state index in [-0.39, 0.29) is 17.4 Å². The van der Waals surface area contributed by atoms with Crippen molar-refractivity contribution in [1.82, 2.24) is 10.2 Å². The number of likely N-dealkylation sites (tertiary alicyclic amines) is 1. The van der Waals surface area contributed by atoms with Crippen molar-refractivity contribution in [3.63, 3.8) is 0 Å². The third-order valence-electron chi connectivity index (χ3n) is 4.56. The second-order valence-corrected chi connectivity index (χ2v) is 6.54. The summed E-state index contributed by atoms with van der Waals surface area (Å²) in [4.78, 5) is 2.53. The van der Waals surface area contributed by atoms with Crippen LogP contribution in [0.5, 0.6) is 0 Å². The van der Waals surface area contributed by atoms with Gasteiger partial charge in [0.25, 0.3) is 0 Å². The van der Waals surface area contributed by atoms with Crippen molar-refractivity contribution < 1.29 is 4.39 Å². The van der Waals surface area contributed by atoms with Gasteiger partial charge >= 0.3 is 0 Å². The highest BCUT2D eigenvalue weighted by Crippen LogP contribution is 2.28. The van der Waals surface area contributed by atoms with Crippen LogP contribution in [-0.4, -0.2) is 36.6 Å². The Morgan fingerprint density at radius 2 is 2.00 bits per heavy atom. The monoisotopic (exact) mass is 298 g/mol. The van der Waals surface area contributed by atoms with Crippen LogP contribution in [0.15, 0.2) is 18.2 Å². The molecule has 1 heterocycles. The van der Waals surface area contributed by atoms with E-state index in [1.165, 1.54) is 25.0 Å². The molecule has 1 aromatic carbocycles. The van der Waals surface area contributed by atoms with Gasteiger partial charge in [0.05, 0.1) is 0 Å². The second-order valence-electron chi connectivity index (χ2n) is 6.13. The Morgan fingerprint density at radius 3 is 2.55 bits per heavy atom. The first-order valence-electron chi connectivity index (χ1n) is 7.31. The summed E-state index contributed by atoms with van der Waals surface area (Å²) in [5, 5.41) is 3.93. The van der Waals surface area contributed by atoms with Crippen molar-refractivity contribution in [2.45, 2.75) is 44.7 Å². The fourth-order valence-electron chi connectivity index (χ4n) is 3.13. The van der Waals surface area contributed by atoms with E-state index in [1.54, 1.807) is 6.07 Å². The van der Waals surface area contributed by atoms with Crippen molar-refractivity contribution in [1.29, 1.82) is 0 Å².